The largest absolute Gasteiger partial charge is 0.395 e. The summed E-state index contributed by atoms with van der Waals surface area (Å²) in [4.78, 5) is 0. The summed E-state index contributed by atoms with van der Waals surface area (Å²) >= 11 is 0. The Balaban J connectivity index is 2.55. The van der Waals surface area contributed by atoms with Crippen molar-refractivity contribution in [3.63, 3.8) is 0 Å². The van der Waals surface area contributed by atoms with Crippen molar-refractivity contribution in [2.45, 2.75) is 12.3 Å². The molecule has 0 saturated carbocycles. The predicted molar refractivity (Wildman–Crippen MR) is 28.4 cm³/mol. The number of hydrogen-bond donors (Lipinski definition) is 2. The van der Waals surface area contributed by atoms with Crippen molar-refractivity contribution < 1.29 is 18.3 Å². The van der Waals surface area contributed by atoms with Crippen molar-refractivity contribution in [3.05, 3.63) is 0 Å². The van der Waals surface area contributed by atoms with E-state index in [-0.39, 0.29) is 13.1 Å². The maximum atomic E-state index is 11.8. The first-order chi connectivity index (χ1) is 4.52. The lowest BCUT2D eigenvalue weighted by molar-refractivity contribution is -0.187. The Bertz CT molecular complexity index is 125. The molecule has 1 rings (SSSR count). The molecule has 0 unspecified atom stereocenters. The van der Waals surface area contributed by atoms with E-state index in [1.54, 1.807) is 0 Å². The quantitative estimate of drug-likeness (QED) is 0.521. The van der Waals surface area contributed by atoms with Gasteiger partial charge in [-0.2, -0.15) is 13.2 Å². The van der Waals surface area contributed by atoms with Gasteiger partial charge < -0.3 is 10.4 Å². The topological polar surface area (TPSA) is 32.3 Å². The highest BCUT2D eigenvalue weighted by molar-refractivity contribution is 4.85. The fourth-order valence-corrected chi connectivity index (χ4v) is 0.999. The predicted octanol–water partition coefficient (Wildman–Crippen LogP) is 0.129. The normalized spacial score (nSPS) is 34.8. The summed E-state index contributed by atoms with van der Waals surface area (Å²) in [7, 11) is 0. The van der Waals surface area contributed by atoms with E-state index >= 15 is 0 Å². The standard InChI is InChI=1S/C5H8F3NO/c6-5(7,8)3-1-9-2-4(3)10/h3-4,9-10H,1-2H2/t3-,4+/m1/s1. The first-order valence-electron chi connectivity index (χ1n) is 2.97. The Morgan fingerprint density at radius 3 is 2.10 bits per heavy atom. The summed E-state index contributed by atoms with van der Waals surface area (Å²) in [5, 5.41) is 11.2. The Morgan fingerprint density at radius 2 is 1.90 bits per heavy atom. The molecular weight excluding hydrogens is 147 g/mol. The lowest BCUT2D eigenvalue weighted by Gasteiger charge is -2.16. The van der Waals surface area contributed by atoms with Gasteiger partial charge in [0.05, 0.1) is 12.0 Å². The van der Waals surface area contributed by atoms with Crippen LogP contribution in [0.5, 0.6) is 0 Å². The molecule has 0 aromatic carbocycles. The van der Waals surface area contributed by atoms with E-state index in [0.717, 1.165) is 0 Å². The molecule has 0 spiro atoms. The molecule has 0 amide bonds. The van der Waals surface area contributed by atoms with E-state index in [2.05, 4.69) is 5.32 Å². The molecule has 1 aliphatic rings. The molecular formula is C5H8F3NO. The fraction of sp³-hybridized carbons (Fsp3) is 1.00. The third-order valence-corrected chi connectivity index (χ3v) is 1.60. The van der Waals surface area contributed by atoms with Gasteiger partial charge in [-0.25, -0.2) is 0 Å². The minimum absolute atomic E-state index is 0.0458. The van der Waals surface area contributed by atoms with Crippen LogP contribution in [0.4, 0.5) is 13.2 Å². The maximum Gasteiger partial charge on any atom is 0.395 e. The van der Waals surface area contributed by atoms with Crippen molar-refractivity contribution in [1.82, 2.24) is 5.32 Å². The molecule has 1 heterocycles. The number of aliphatic hydroxyl groups is 1. The molecule has 1 aliphatic heterocycles. The van der Waals surface area contributed by atoms with Gasteiger partial charge in [0.25, 0.3) is 0 Å². The summed E-state index contributed by atoms with van der Waals surface area (Å²) in [6, 6.07) is 0. The molecule has 0 aromatic rings. The highest BCUT2D eigenvalue weighted by atomic mass is 19.4. The van der Waals surface area contributed by atoms with Crippen LogP contribution in [0.3, 0.4) is 0 Å². The average Bonchev–Trinajstić information content (AvgIpc) is 2.11. The maximum absolute atomic E-state index is 11.8. The van der Waals surface area contributed by atoms with Crippen LogP contribution < -0.4 is 5.32 Å². The number of alkyl halides is 3. The third-order valence-electron chi connectivity index (χ3n) is 1.60. The van der Waals surface area contributed by atoms with E-state index in [1.807, 2.05) is 0 Å². The van der Waals surface area contributed by atoms with Gasteiger partial charge in [-0.15, -0.1) is 0 Å². The number of halogens is 3. The lowest BCUT2D eigenvalue weighted by atomic mass is 10.1. The van der Waals surface area contributed by atoms with Crippen LogP contribution in [0, 0.1) is 5.92 Å². The van der Waals surface area contributed by atoms with E-state index in [4.69, 9.17) is 5.11 Å². The van der Waals surface area contributed by atoms with Gasteiger partial charge in [0.2, 0.25) is 0 Å². The number of hydrogen-bond acceptors (Lipinski definition) is 2. The number of aliphatic hydroxyl groups excluding tert-OH is 1. The van der Waals surface area contributed by atoms with Crippen molar-refractivity contribution >= 4 is 0 Å². The molecule has 0 aliphatic carbocycles. The van der Waals surface area contributed by atoms with Gasteiger partial charge in [-0.3, -0.25) is 0 Å². The second kappa shape index (κ2) is 2.39. The van der Waals surface area contributed by atoms with E-state index < -0.39 is 18.2 Å². The number of nitrogens with one attached hydrogen (secondary N) is 1. The molecule has 5 heteroatoms. The Morgan fingerprint density at radius 1 is 1.30 bits per heavy atom. The molecule has 2 N–H and O–H groups in total. The number of rotatable bonds is 0. The summed E-state index contributed by atoms with van der Waals surface area (Å²) in [6.45, 7) is -0.116. The van der Waals surface area contributed by atoms with Crippen molar-refractivity contribution in [1.29, 1.82) is 0 Å². The molecule has 0 aromatic heterocycles. The van der Waals surface area contributed by atoms with Crippen molar-refractivity contribution in [3.8, 4) is 0 Å². The molecule has 0 radical (unpaired) electrons. The minimum atomic E-state index is -4.26. The lowest BCUT2D eigenvalue weighted by Crippen LogP contribution is -2.32. The molecule has 0 bridgehead atoms. The minimum Gasteiger partial charge on any atom is -0.391 e. The van der Waals surface area contributed by atoms with Crippen molar-refractivity contribution in [2.24, 2.45) is 5.92 Å². The monoisotopic (exact) mass is 155 g/mol. The van der Waals surface area contributed by atoms with Crippen LogP contribution in [0.2, 0.25) is 0 Å². The summed E-state index contributed by atoms with van der Waals surface area (Å²) in [5.74, 6) is -1.58. The van der Waals surface area contributed by atoms with Crippen LogP contribution in [0.25, 0.3) is 0 Å². The fourth-order valence-electron chi connectivity index (χ4n) is 0.999. The molecule has 2 nitrogen and oxygen atoms in total. The van der Waals surface area contributed by atoms with E-state index in [0.29, 0.717) is 0 Å². The molecule has 60 valence electrons. The first-order valence-corrected chi connectivity index (χ1v) is 2.97. The van der Waals surface area contributed by atoms with Crippen LogP contribution in [0.1, 0.15) is 0 Å². The van der Waals surface area contributed by atoms with Gasteiger partial charge in [0.15, 0.2) is 0 Å². The summed E-state index contributed by atoms with van der Waals surface area (Å²) in [5.41, 5.74) is 0. The van der Waals surface area contributed by atoms with Gasteiger partial charge in [0.1, 0.15) is 0 Å². The van der Waals surface area contributed by atoms with Crippen LogP contribution in [-0.4, -0.2) is 30.5 Å². The number of β-amino-alcohol motifs (C(OH)–C–C–N with tert-alkyl or cyclic N) is 1. The second-order valence-corrected chi connectivity index (χ2v) is 2.37. The molecule has 2 atom stereocenters. The average molecular weight is 155 g/mol. The van der Waals surface area contributed by atoms with E-state index in [1.165, 1.54) is 0 Å². The Kier molecular flexibility index (Phi) is 1.87. The highest BCUT2D eigenvalue weighted by Crippen LogP contribution is 2.30. The first kappa shape index (κ1) is 7.81. The Labute approximate surface area is 56.0 Å². The van der Waals surface area contributed by atoms with Gasteiger partial charge in [-0.1, -0.05) is 0 Å². The second-order valence-electron chi connectivity index (χ2n) is 2.37. The molecule has 1 fully saturated rings. The Hall–Kier alpha value is -0.290. The smallest absolute Gasteiger partial charge is 0.391 e. The van der Waals surface area contributed by atoms with Crippen molar-refractivity contribution in [2.75, 3.05) is 13.1 Å². The van der Waals surface area contributed by atoms with Gasteiger partial charge in [-0.05, 0) is 0 Å². The zero-order chi connectivity index (χ0) is 7.78. The zero-order valence-corrected chi connectivity index (χ0v) is 5.15. The summed E-state index contributed by atoms with van der Waals surface area (Å²) < 4.78 is 35.4. The zero-order valence-electron chi connectivity index (χ0n) is 5.15. The van der Waals surface area contributed by atoms with Gasteiger partial charge >= 0.3 is 6.18 Å². The van der Waals surface area contributed by atoms with Gasteiger partial charge in [0, 0.05) is 13.1 Å². The molecule has 10 heavy (non-hydrogen) atoms. The highest BCUT2D eigenvalue weighted by Gasteiger charge is 2.46. The third kappa shape index (κ3) is 1.41. The summed E-state index contributed by atoms with van der Waals surface area (Å²) in [6.07, 6.45) is -5.52. The SMILES string of the molecule is O[C@H]1CNC[C@H]1C(F)(F)F. The van der Waals surface area contributed by atoms with Crippen LogP contribution >= 0.6 is 0 Å². The molecule has 1 saturated heterocycles. The van der Waals surface area contributed by atoms with E-state index in [9.17, 15) is 13.2 Å². The van der Waals surface area contributed by atoms with Crippen LogP contribution in [0.15, 0.2) is 0 Å². The van der Waals surface area contributed by atoms with Crippen LogP contribution in [-0.2, 0) is 0 Å².